The summed E-state index contributed by atoms with van der Waals surface area (Å²) in [6.07, 6.45) is 0. The van der Waals surface area contributed by atoms with Crippen molar-refractivity contribution in [1.29, 1.82) is 0 Å². The molecule has 0 unspecified atom stereocenters. The Morgan fingerprint density at radius 3 is 2.41 bits per heavy atom. The highest BCUT2D eigenvalue weighted by atomic mass is 32.1. The molecular weight excluding hydrogens is 238 g/mol. The third kappa shape index (κ3) is 2.19. The number of hydrogen-bond donors (Lipinski definition) is 1. The molecule has 0 saturated carbocycles. The van der Waals surface area contributed by atoms with Crippen molar-refractivity contribution in [2.24, 2.45) is 0 Å². The molecule has 0 fully saturated rings. The molecule has 1 heterocycles. The average Bonchev–Trinajstić information content (AvgIpc) is 2.75. The Kier molecular flexibility index (Phi) is 3.19. The molecule has 90 valence electrons. The number of rotatable bonds is 3. The van der Waals surface area contributed by atoms with E-state index in [9.17, 15) is 5.11 Å². The number of aromatic nitrogens is 1. The van der Waals surface area contributed by atoms with E-state index < -0.39 is 0 Å². The first-order valence-electron chi connectivity index (χ1n) is 5.03. The van der Waals surface area contributed by atoms with Gasteiger partial charge in [-0.3, -0.25) is 0 Å². The van der Waals surface area contributed by atoms with Crippen LogP contribution < -0.4 is 9.47 Å². The average molecular weight is 251 g/mol. The van der Waals surface area contributed by atoms with Crippen LogP contribution in [0.25, 0.3) is 10.6 Å². The van der Waals surface area contributed by atoms with Crippen LogP contribution in [-0.4, -0.2) is 24.3 Å². The Morgan fingerprint density at radius 1 is 1.18 bits per heavy atom. The molecule has 0 amide bonds. The summed E-state index contributed by atoms with van der Waals surface area (Å²) in [5.41, 5.74) is 1.81. The van der Waals surface area contributed by atoms with Crippen molar-refractivity contribution in [3.63, 3.8) is 0 Å². The minimum absolute atomic E-state index is 0.0200. The standard InChI is InChI=1S/C12H13NO3S/c1-7-4-10(16-3)8(5-9(7)15-2)12-13-11(14)6-17-12/h4-6,14H,1-3H3. The molecule has 1 aromatic carbocycles. The minimum Gasteiger partial charge on any atom is -0.496 e. The molecule has 0 spiro atoms. The molecule has 0 aliphatic heterocycles. The molecule has 0 aliphatic rings. The lowest BCUT2D eigenvalue weighted by Gasteiger charge is -2.11. The van der Waals surface area contributed by atoms with Crippen LogP contribution in [0.2, 0.25) is 0 Å². The van der Waals surface area contributed by atoms with Crippen LogP contribution in [-0.2, 0) is 0 Å². The second kappa shape index (κ2) is 4.63. The van der Waals surface area contributed by atoms with Crippen molar-refractivity contribution in [2.75, 3.05) is 14.2 Å². The van der Waals surface area contributed by atoms with E-state index in [1.165, 1.54) is 11.3 Å². The Bertz CT molecular complexity index is 537. The van der Waals surface area contributed by atoms with Crippen LogP contribution in [0, 0.1) is 6.92 Å². The molecular formula is C12H13NO3S. The van der Waals surface area contributed by atoms with Crippen molar-refractivity contribution in [2.45, 2.75) is 6.92 Å². The number of thiazole rings is 1. The second-order valence-corrected chi connectivity index (χ2v) is 4.39. The summed E-state index contributed by atoms with van der Waals surface area (Å²) in [6.45, 7) is 1.95. The van der Waals surface area contributed by atoms with Crippen LogP contribution in [0.5, 0.6) is 17.4 Å². The van der Waals surface area contributed by atoms with Crippen LogP contribution in [0.15, 0.2) is 17.5 Å². The largest absolute Gasteiger partial charge is 0.496 e. The number of aromatic hydroxyl groups is 1. The number of methoxy groups -OCH3 is 2. The quantitative estimate of drug-likeness (QED) is 0.911. The maximum atomic E-state index is 9.29. The first-order valence-corrected chi connectivity index (χ1v) is 5.91. The summed E-state index contributed by atoms with van der Waals surface area (Å²) in [5.74, 6) is 1.51. The van der Waals surface area contributed by atoms with Gasteiger partial charge >= 0.3 is 0 Å². The van der Waals surface area contributed by atoms with Gasteiger partial charge in [0.2, 0.25) is 5.88 Å². The van der Waals surface area contributed by atoms with E-state index in [0.717, 1.165) is 22.6 Å². The highest BCUT2D eigenvalue weighted by molar-refractivity contribution is 7.13. The molecule has 5 heteroatoms. The molecule has 0 aliphatic carbocycles. The minimum atomic E-state index is 0.0200. The zero-order valence-corrected chi connectivity index (χ0v) is 10.7. The topological polar surface area (TPSA) is 51.6 Å². The number of aryl methyl sites for hydroxylation is 1. The van der Waals surface area contributed by atoms with Gasteiger partial charge in [0, 0.05) is 0 Å². The van der Waals surface area contributed by atoms with Gasteiger partial charge in [-0.1, -0.05) is 0 Å². The van der Waals surface area contributed by atoms with Gasteiger partial charge in [-0.2, -0.15) is 0 Å². The lowest BCUT2D eigenvalue weighted by Crippen LogP contribution is -1.93. The summed E-state index contributed by atoms with van der Waals surface area (Å²) in [4.78, 5) is 4.03. The van der Waals surface area contributed by atoms with E-state index in [2.05, 4.69) is 4.98 Å². The number of benzene rings is 1. The first-order chi connectivity index (χ1) is 8.15. The predicted octanol–water partition coefficient (Wildman–Crippen LogP) is 2.84. The predicted molar refractivity (Wildman–Crippen MR) is 67.1 cm³/mol. The molecule has 1 N–H and O–H groups in total. The van der Waals surface area contributed by atoms with Crippen LogP contribution in [0.4, 0.5) is 0 Å². The van der Waals surface area contributed by atoms with Crippen LogP contribution in [0.1, 0.15) is 5.56 Å². The molecule has 4 nitrogen and oxygen atoms in total. The van der Waals surface area contributed by atoms with Gasteiger partial charge in [-0.05, 0) is 24.6 Å². The fourth-order valence-electron chi connectivity index (χ4n) is 1.61. The maximum Gasteiger partial charge on any atom is 0.222 e. The van der Waals surface area contributed by atoms with Crippen LogP contribution >= 0.6 is 11.3 Å². The summed E-state index contributed by atoms with van der Waals surface area (Å²) < 4.78 is 10.6. The Labute approximate surface area is 103 Å². The van der Waals surface area contributed by atoms with Crippen molar-refractivity contribution in [3.05, 3.63) is 23.1 Å². The van der Waals surface area contributed by atoms with Gasteiger partial charge in [-0.15, -0.1) is 11.3 Å². The molecule has 0 radical (unpaired) electrons. The van der Waals surface area contributed by atoms with Gasteiger partial charge < -0.3 is 14.6 Å². The van der Waals surface area contributed by atoms with E-state index >= 15 is 0 Å². The van der Waals surface area contributed by atoms with Crippen molar-refractivity contribution in [1.82, 2.24) is 4.98 Å². The maximum absolute atomic E-state index is 9.29. The van der Waals surface area contributed by atoms with Crippen molar-refractivity contribution in [3.8, 4) is 28.0 Å². The van der Waals surface area contributed by atoms with E-state index in [1.807, 2.05) is 19.1 Å². The van der Waals surface area contributed by atoms with Gasteiger partial charge in [0.25, 0.3) is 0 Å². The number of ether oxygens (including phenoxy) is 2. The van der Waals surface area contributed by atoms with Gasteiger partial charge in [0.15, 0.2) is 0 Å². The highest BCUT2D eigenvalue weighted by Crippen LogP contribution is 2.38. The zero-order valence-electron chi connectivity index (χ0n) is 9.85. The van der Waals surface area contributed by atoms with E-state index in [0.29, 0.717) is 5.01 Å². The Morgan fingerprint density at radius 2 is 1.88 bits per heavy atom. The Hall–Kier alpha value is -1.75. The van der Waals surface area contributed by atoms with Crippen molar-refractivity contribution >= 4 is 11.3 Å². The van der Waals surface area contributed by atoms with Gasteiger partial charge in [0.05, 0.1) is 25.2 Å². The van der Waals surface area contributed by atoms with Gasteiger partial charge in [-0.25, -0.2) is 4.98 Å². The number of hydrogen-bond acceptors (Lipinski definition) is 5. The normalized spacial score (nSPS) is 10.3. The van der Waals surface area contributed by atoms with E-state index in [-0.39, 0.29) is 5.88 Å². The lowest BCUT2D eigenvalue weighted by molar-refractivity contribution is 0.401. The third-order valence-electron chi connectivity index (χ3n) is 2.44. The molecule has 2 rings (SSSR count). The fraction of sp³-hybridized carbons (Fsp3) is 0.250. The van der Waals surface area contributed by atoms with Crippen molar-refractivity contribution < 1.29 is 14.6 Å². The SMILES string of the molecule is COc1cc(-c2nc(O)cs2)c(OC)cc1C. The molecule has 0 atom stereocenters. The summed E-state index contributed by atoms with van der Waals surface area (Å²) in [7, 11) is 3.23. The van der Waals surface area contributed by atoms with E-state index in [1.54, 1.807) is 19.6 Å². The zero-order chi connectivity index (χ0) is 12.4. The summed E-state index contributed by atoms with van der Waals surface area (Å²) in [6, 6.07) is 3.76. The number of nitrogens with zero attached hydrogens (tertiary/aromatic N) is 1. The smallest absolute Gasteiger partial charge is 0.222 e. The molecule has 17 heavy (non-hydrogen) atoms. The van der Waals surface area contributed by atoms with Gasteiger partial charge in [0.1, 0.15) is 16.5 Å². The molecule has 0 bridgehead atoms. The summed E-state index contributed by atoms with van der Waals surface area (Å²) in [5, 5.41) is 11.6. The molecule has 2 aromatic rings. The van der Waals surface area contributed by atoms with Crippen LogP contribution in [0.3, 0.4) is 0 Å². The lowest BCUT2D eigenvalue weighted by atomic mass is 10.1. The third-order valence-corrected chi connectivity index (χ3v) is 3.30. The van der Waals surface area contributed by atoms with E-state index in [4.69, 9.17) is 9.47 Å². The molecule has 0 saturated heterocycles. The summed E-state index contributed by atoms with van der Waals surface area (Å²) >= 11 is 1.36. The highest BCUT2D eigenvalue weighted by Gasteiger charge is 2.13. The first kappa shape index (κ1) is 11.7. The molecule has 1 aromatic heterocycles. The second-order valence-electron chi connectivity index (χ2n) is 3.53. The Balaban J connectivity index is 2.58. The monoisotopic (exact) mass is 251 g/mol. The fourth-order valence-corrected chi connectivity index (χ4v) is 2.31.